The first kappa shape index (κ1) is 25.9. The van der Waals surface area contributed by atoms with E-state index in [2.05, 4.69) is 37.0 Å². The van der Waals surface area contributed by atoms with Crippen LogP contribution in [0.15, 0.2) is 48.5 Å². The molecule has 1 saturated carbocycles. The standard InChI is InChI=1S/C26H26F3N7O/c1-31-24-34-22(17-8-6-16(14-30)7-9-17)35-25(36-24)33-20-12-10-18(11-13-20)23(37)32-15-19-4-2-3-5-21(19)26(27,28)29/h2-9,18,20H,10-13,15H2,1H3,(H,32,37)(H2,31,33,34,35,36). The van der Waals surface area contributed by atoms with Crippen LogP contribution in [-0.2, 0) is 17.5 Å². The SMILES string of the molecule is CNc1nc(NC2CCC(C(=O)NCc3ccccc3C(F)(F)F)CC2)nc(-c2ccc(C#N)cc2)n1. The van der Waals surface area contributed by atoms with E-state index in [1.54, 1.807) is 31.3 Å². The van der Waals surface area contributed by atoms with Gasteiger partial charge >= 0.3 is 6.18 Å². The van der Waals surface area contributed by atoms with E-state index in [1.807, 2.05) is 0 Å². The van der Waals surface area contributed by atoms with Crippen LogP contribution >= 0.6 is 0 Å². The molecular formula is C26H26F3N7O. The van der Waals surface area contributed by atoms with E-state index in [-0.39, 0.29) is 30.0 Å². The molecule has 0 aliphatic heterocycles. The average molecular weight is 510 g/mol. The van der Waals surface area contributed by atoms with Crippen LogP contribution in [-0.4, -0.2) is 33.9 Å². The fraction of sp³-hybridized carbons (Fsp3) is 0.346. The molecule has 37 heavy (non-hydrogen) atoms. The van der Waals surface area contributed by atoms with Crippen molar-refractivity contribution in [3.05, 3.63) is 65.2 Å². The third-order valence-corrected chi connectivity index (χ3v) is 6.34. The number of nitrogens with zero attached hydrogens (tertiary/aromatic N) is 4. The summed E-state index contributed by atoms with van der Waals surface area (Å²) in [6.45, 7) is -0.164. The molecule has 1 aromatic heterocycles. The number of benzene rings is 2. The van der Waals surface area contributed by atoms with Crippen molar-refractivity contribution in [3.63, 3.8) is 0 Å². The fourth-order valence-electron chi connectivity index (χ4n) is 4.34. The highest BCUT2D eigenvalue weighted by atomic mass is 19.4. The smallest absolute Gasteiger partial charge is 0.357 e. The lowest BCUT2D eigenvalue weighted by Crippen LogP contribution is -2.36. The monoisotopic (exact) mass is 509 g/mol. The molecule has 2 aromatic carbocycles. The van der Waals surface area contributed by atoms with Crippen LogP contribution in [0.5, 0.6) is 0 Å². The zero-order valence-electron chi connectivity index (χ0n) is 20.1. The lowest BCUT2D eigenvalue weighted by Gasteiger charge is -2.28. The second kappa shape index (κ2) is 11.2. The van der Waals surface area contributed by atoms with Gasteiger partial charge in [-0.2, -0.15) is 33.4 Å². The summed E-state index contributed by atoms with van der Waals surface area (Å²) in [6, 6.07) is 14.3. The molecule has 0 bridgehead atoms. The number of nitriles is 1. The molecule has 0 spiro atoms. The predicted octanol–water partition coefficient (Wildman–Crippen LogP) is 4.76. The molecule has 1 aliphatic rings. The van der Waals surface area contributed by atoms with Crippen LogP contribution < -0.4 is 16.0 Å². The largest absolute Gasteiger partial charge is 0.416 e. The number of alkyl halides is 3. The van der Waals surface area contributed by atoms with Gasteiger partial charge in [0.25, 0.3) is 0 Å². The van der Waals surface area contributed by atoms with Gasteiger partial charge in [0.2, 0.25) is 17.8 Å². The van der Waals surface area contributed by atoms with Crippen molar-refractivity contribution in [1.82, 2.24) is 20.3 Å². The number of carbonyl (C=O) groups excluding carboxylic acids is 1. The first-order valence-electron chi connectivity index (χ1n) is 11.9. The molecule has 0 unspecified atom stereocenters. The van der Waals surface area contributed by atoms with Crippen LogP contribution in [0.4, 0.5) is 25.1 Å². The number of aromatic nitrogens is 3. The van der Waals surface area contributed by atoms with Gasteiger partial charge in [0.05, 0.1) is 17.2 Å². The zero-order valence-corrected chi connectivity index (χ0v) is 20.1. The normalized spacial score (nSPS) is 17.5. The Balaban J connectivity index is 1.34. The van der Waals surface area contributed by atoms with Crippen LogP contribution in [0.2, 0.25) is 0 Å². The van der Waals surface area contributed by atoms with E-state index in [9.17, 15) is 18.0 Å². The number of hydrogen-bond donors (Lipinski definition) is 3. The van der Waals surface area contributed by atoms with Crippen LogP contribution in [0.1, 0.15) is 42.4 Å². The zero-order chi connectivity index (χ0) is 26.4. The summed E-state index contributed by atoms with van der Waals surface area (Å²) in [6.07, 6.45) is -1.91. The summed E-state index contributed by atoms with van der Waals surface area (Å²) in [5.74, 6) is 0.741. The summed E-state index contributed by atoms with van der Waals surface area (Å²) in [7, 11) is 1.71. The third kappa shape index (κ3) is 6.52. The Morgan fingerprint density at radius 1 is 1.00 bits per heavy atom. The molecule has 1 heterocycles. The molecule has 3 aromatic rings. The number of amides is 1. The minimum Gasteiger partial charge on any atom is -0.357 e. The fourth-order valence-corrected chi connectivity index (χ4v) is 4.34. The van der Waals surface area contributed by atoms with Gasteiger partial charge in [-0.3, -0.25) is 4.79 Å². The molecular weight excluding hydrogens is 483 g/mol. The van der Waals surface area contributed by atoms with E-state index in [0.29, 0.717) is 49.0 Å². The molecule has 1 fully saturated rings. The first-order chi connectivity index (χ1) is 17.8. The molecule has 192 valence electrons. The van der Waals surface area contributed by atoms with Gasteiger partial charge in [0.1, 0.15) is 0 Å². The Hall–Kier alpha value is -4.20. The molecule has 1 aliphatic carbocycles. The van der Waals surface area contributed by atoms with Crippen molar-refractivity contribution in [2.45, 2.75) is 44.4 Å². The van der Waals surface area contributed by atoms with Crippen molar-refractivity contribution in [3.8, 4) is 17.5 Å². The maximum absolute atomic E-state index is 13.2. The van der Waals surface area contributed by atoms with Crippen molar-refractivity contribution in [2.75, 3.05) is 17.7 Å². The molecule has 0 radical (unpaired) electrons. The molecule has 1 amide bonds. The van der Waals surface area contributed by atoms with Crippen LogP contribution in [0.3, 0.4) is 0 Å². The summed E-state index contributed by atoms with van der Waals surface area (Å²) in [4.78, 5) is 25.9. The number of carbonyl (C=O) groups is 1. The Morgan fingerprint density at radius 2 is 1.68 bits per heavy atom. The van der Waals surface area contributed by atoms with Gasteiger partial charge in [-0.25, -0.2) is 0 Å². The lowest BCUT2D eigenvalue weighted by atomic mass is 9.85. The first-order valence-corrected chi connectivity index (χ1v) is 11.9. The highest BCUT2D eigenvalue weighted by Gasteiger charge is 2.33. The van der Waals surface area contributed by atoms with Gasteiger partial charge in [0, 0.05) is 31.1 Å². The lowest BCUT2D eigenvalue weighted by molar-refractivity contribution is -0.138. The summed E-state index contributed by atoms with van der Waals surface area (Å²) in [5, 5.41) is 17.9. The summed E-state index contributed by atoms with van der Waals surface area (Å²) in [5.41, 5.74) is 0.595. The van der Waals surface area contributed by atoms with Gasteiger partial charge in [-0.15, -0.1) is 0 Å². The Labute approximate surface area is 212 Å². The van der Waals surface area contributed by atoms with E-state index in [1.165, 1.54) is 18.2 Å². The second-order valence-electron chi connectivity index (χ2n) is 8.81. The van der Waals surface area contributed by atoms with Crippen molar-refractivity contribution in [2.24, 2.45) is 5.92 Å². The van der Waals surface area contributed by atoms with Gasteiger partial charge in [-0.05, 0) is 61.6 Å². The number of halogens is 3. The maximum Gasteiger partial charge on any atom is 0.416 e. The van der Waals surface area contributed by atoms with E-state index >= 15 is 0 Å². The highest BCUT2D eigenvalue weighted by molar-refractivity contribution is 5.78. The molecule has 8 nitrogen and oxygen atoms in total. The minimum atomic E-state index is -4.47. The van der Waals surface area contributed by atoms with Gasteiger partial charge < -0.3 is 16.0 Å². The number of nitrogens with one attached hydrogen (secondary N) is 3. The Kier molecular flexibility index (Phi) is 7.86. The Morgan fingerprint density at radius 3 is 2.32 bits per heavy atom. The molecule has 3 N–H and O–H groups in total. The molecule has 0 atom stereocenters. The van der Waals surface area contributed by atoms with Crippen molar-refractivity contribution in [1.29, 1.82) is 5.26 Å². The average Bonchev–Trinajstić information content (AvgIpc) is 2.91. The quantitative estimate of drug-likeness (QED) is 0.421. The van der Waals surface area contributed by atoms with E-state index in [4.69, 9.17) is 5.26 Å². The number of rotatable bonds is 7. The summed E-state index contributed by atoms with van der Waals surface area (Å²) < 4.78 is 39.6. The third-order valence-electron chi connectivity index (χ3n) is 6.34. The maximum atomic E-state index is 13.2. The van der Waals surface area contributed by atoms with E-state index < -0.39 is 11.7 Å². The topological polar surface area (TPSA) is 116 Å². The van der Waals surface area contributed by atoms with Crippen LogP contribution in [0, 0.1) is 17.2 Å². The Bertz CT molecular complexity index is 1280. The van der Waals surface area contributed by atoms with E-state index in [0.717, 1.165) is 11.6 Å². The number of anilines is 2. The second-order valence-corrected chi connectivity index (χ2v) is 8.81. The molecule has 0 saturated heterocycles. The van der Waals surface area contributed by atoms with Crippen molar-refractivity contribution < 1.29 is 18.0 Å². The van der Waals surface area contributed by atoms with Crippen LogP contribution in [0.25, 0.3) is 11.4 Å². The molecule has 4 rings (SSSR count). The number of hydrogen-bond acceptors (Lipinski definition) is 7. The predicted molar refractivity (Wildman–Crippen MR) is 132 cm³/mol. The summed E-state index contributed by atoms with van der Waals surface area (Å²) >= 11 is 0. The van der Waals surface area contributed by atoms with Gasteiger partial charge in [-0.1, -0.05) is 18.2 Å². The highest BCUT2D eigenvalue weighted by Crippen LogP contribution is 2.32. The minimum absolute atomic E-state index is 0.0379. The van der Waals surface area contributed by atoms with Crippen molar-refractivity contribution >= 4 is 17.8 Å². The molecule has 11 heteroatoms. The van der Waals surface area contributed by atoms with Gasteiger partial charge in [0.15, 0.2) is 5.82 Å².